The number of hydrogen-bond donors (Lipinski definition) is 2. The monoisotopic (exact) mass is 301 g/mol. The maximum absolute atomic E-state index is 11.9. The molecule has 2 rings (SSSR count). The Bertz CT molecular complexity index is 688. The minimum absolute atomic E-state index is 0.00969. The van der Waals surface area contributed by atoms with Gasteiger partial charge < -0.3 is 9.84 Å². The van der Waals surface area contributed by atoms with Gasteiger partial charge in [0, 0.05) is 0 Å². The van der Waals surface area contributed by atoms with Crippen molar-refractivity contribution in [1.82, 2.24) is 4.98 Å². The third kappa shape index (κ3) is 3.80. The smallest absolute Gasteiger partial charge is 0.430 e. The molecule has 2 aromatic rings. The largest absolute Gasteiger partial charge is 0.477 e. The van der Waals surface area contributed by atoms with E-state index in [1.807, 2.05) is 30.3 Å². The lowest BCUT2D eigenvalue weighted by Crippen LogP contribution is -2.38. The molecule has 1 aromatic carbocycles. The molecule has 0 spiro atoms. The number of pyridine rings is 1. The van der Waals surface area contributed by atoms with Crippen LogP contribution in [0.5, 0.6) is 0 Å². The number of carboxylic acids is 1. The Balaban J connectivity index is 2.08. The van der Waals surface area contributed by atoms with E-state index in [0.717, 1.165) is 5.56 Å². The molecule has 22 heavy (non-hydrogen) atoms. The number of aromatic nitrogens is 1. The van der Waals surface area contributed by atoms with Gasteiger partial charge >= 0.3 is 12.1 Å². The first-order valence-electron chi connectivity index (χ1n) is 6.45. The average Bonchev–Trinajstić information content (AvgIpc) is 2.52. The first-order valence-corrected chi connectivity index (χ1v) is 6.45. The summed E-state index contributed by atoms with van der Waals surface area (Å²) in [5.74, 6) is 4.46. The van der Waals surface area contributed by atoms with Crippen LogP contribution < -0.4 is 10.9 Å². The summed E-state index contributed by atoms with van der Waals surface area (Å²) in [6.07, 6.45) is -0.821. The maximum atomic E-state index is 11.9. The summed E-state index contributed by atoms with van der Waals surface area (Å²) >= 11 is 0. The van der Waals surface area contributed by atoms with Crippen molar-refractivity contribution in [2.75, 3.05) is 5.01 Å². The van der Waals surface area contributed by atoms with E-state index in [2.05, 4.69) is 4.98 Å². The molecule has 3 N–H and O–H groups in total. The molecule has 0 saturated carbocycles. The topological polar surface area (TPSA) is 106 Å². The van der Waals surface area contributed by atoms with Crippen LogP contribution in [0.25, 0.3) is 0 Å². The second-order valence-electron chi connectivity index (χ2n) is 4.60. The number of carbonyl (C=O) groups is 2. The van der Waals surface area contributed by atoms with Crippen LogP contribution in [0.1, 0.15) is 21.6 Å². The van der Waals surface area contributed by atoms with Crippen LogP contribution in [0.3, 0.4) is 0 Å². The van der Waals surface area contributed by atoms with Crippen molar-refractivity contribution in [2.45, 2.75) is 13.5 Å². The third-order valence-corrected chi connectivity index (χ3v) is 2.82. The minimum atomic E-state index is -1.20. The van der Waals surface area contributed by atoms with E-state index in [0.29, 0.717) is 10.6 Å². The lowest BCUT2D eigenvalue weighted by atomic mass is 10.2. The van der Waals surface area contributed by atoms with Crippen molar-refractivity contribution in [3.05, 3.63) is 59.3 Å². The van der Waals surface area contributed by atoms with E-state index >= 15 is 0 Å². The zero-order valence-electron chi connectivity index (χ0n) is 11.9. The molecule has 1 amide bonds. The third-order valence-electron chi connectivity index (χ3n) is 2.82. The van der Waals surface area contributed by atoms with Gasteiger partial charge in [-0.2, -0.15) is 5.01 Å². The predicted octanol–water partition coefficient (Wildman–Crippen LogP) is 2.11. The number of aryl methyl sites for hydroxylation is 1. The molecular weight excluding hydrogens is 286 g/mol. The number of nitrogens with zero attached hydrogens (tertiary/aromatic N) is 2. The van der Waals surface area contributed by atoms with Gasteiger partial charge in [0.1, 0.15) is 6.61 Å². The van der Waals surface area contributed by atoms with Crippen LogP contribution >= 0.6 is 0 Å². The number of anilines is 1. The number of hydrazine groups is 1. The average molecular weight is 301 g/mol. The quantitative estimate of drug-likeness (QED) is 0.509. The number of nitrogens with two attached hydrogens (primary N) is 1. The van der Waals surface area contributed by atoms with Gasteiger partial charge in [-0.3, -0.25) is 0 Å². The number of aromatic carboxylic acids is 1. The zero-order chi connectivity index (χ0) is 16.1. The molecule has 114 valence electrons. The van der Waals surface area contributed by atoms with Crippen LogP contribution in [0.15, 0.2) is 42.5 Å². The van der Waals surface area contributed by atoms with Gasteiger partial charge in [0.05, 0.1) is 0 Å². The first-order chi connectivity index (χ1) is 10.5. The fourth-order valence-electron chi connectivity index (χ4n) is 1.76. The Hall–Kier alpha value is -2.93. The molecule has 7 heteroatoms. The van der Waals surface area contributed by atoms with Crippen molar-refractivity contribution in [1.29, 1.82) is 0 Å². The Kier molecular flexibility index (Phi) is 4.70. The number of hydrogen-bond acceptors (Lipinski definition) is 5. The lowest BCUT2D eigenvalue weighted by molar-refractivity contribution is 0.0690. The molecule has 0 aliphatic heterocycles. The number of benzene rings is 1. The predicted molar refractivity (Wildman–Crippen MR) is 79.2 cm³/mol. The van der Waals surface area contributed by atoms with E-state index in [9.17, 15) is 9.59 Å². The normalized spacial score (nSPS) is 10.1. The number of amides is 1. The summed E-state index contributed by atoms with van der Waals surface area (Å²) < 4.78 is 5.06. The zero-order valence-corrected chi connectivity index (χ0v) is 11.9. The van der Waals surface area contributed by atoms with Gasteiger partial charge in [-0.05, 0) is 30.2 Å². The maximum Gasteiger partial charge on any atom is 0.430 e. The van der Waals surface area contributed by atoms with E-state index in [1.165, 1.54) is 12.1 Å². The highest BCUT2D eigenvalue weighted by molar-refractivity contribution is 5.89. The van der Waals surface area contributed by atoms with Crippen LogP contribution in [-0.2, 0) is 11.3 Å². The molecular formula is C15H15N3O4. The summed E-state index contributed by atoms with van der Waals surface area (Å²) in [6, 6.07) is 12.0. The molecule has 0 saturated heterocycles. The van der Waals surface area contributed by atoms with Gasteiger partial charge in [0.2, 0.25) is 0 Å². The van der Waals surface area contributed by atoms with Gasteiger partial charge in [0.15, 0.2) is 11.5 Å². The highest BCUT2D eigenvalue weighted by atomic mass is 16.6. The number of ether oxygens (including phenoxy) is 1. The molecule has 0 aliphatic rings. The van der Waals surface area contributed by atoms with Crippen LogP contribution in [0.2, 0.25) is 0 Å². The second-order valence-corrected chi connectivity index (χ2v) is 4.60. The van der Waals surface area contributed by atoms with Crippen molar-refractivity contribution in [3.63, 3.8) is 0 Å². The first kappa shape index (κ1) is 15.5. The van der Waals surface area contributed by atoms with E-state index in [1.54, 1.807) is 6.92 Å². The van der Waals surface area contributed by atoms with Crippen LogP contribution in [-0.4, -0.2) is 22.2 Å². The summed E-state index contributed by atoms with van der Waals surface area (Å²) in [5.41, 5.74) is 1.24. The molecule has 0 fully saturated rings. The lowest BCUT2D eigenvalue weighted by Gasteiger charge is -2.16. The van der Waals surface area contributed by atoms with Crippen molar-refractivity contribution in [2.24, 2.45) is 5.84 Å². The van der Waals surface area contributed by atoms with Crippen LogP contribution in [0.4, 0.5) is 10.6 Å². The van der Waals surface area contributed by atoms with E-state index in [-0.39, 0.29) is 18.1 Å². The molecule has 0 bridgehead atoms. The summed E-state index contributed by atoms with van der Waals surface area (Å²) in [5, 5.41) is 9.65. The molecule has 0 unspecified atom stereocenters. The summed E-state index contributed by atoms with van der Waals surface area (Å²) in [4.78, 5) is 26.7. The summed E-state index contributed by atoms with van der Waals surface area (Å²) in [7, 11) is 0. The fraction of sp³-hybridized carbons (Fsp3) is 0.133. The second kappa shape index (κ2) is 6.68. The minimum Gasteiger partial charge on any atom is -0.477 e. The number of carboxylic acid groups (broad SMARTS) is 1. The Morgan fingerprint density at radius 1 is 1.27 bits per heavy atom. The molecule has 7 nitrogen and oxygen atoms in total. The van der Waals surface area contributed by atoms with Crippen LogP contribution in [0, 0.1) is 6.92 Å². The highest BCUT2D eigenvalue weighted by Gasteiger charge is 2.17. The number of carbonyl (C=O) groups excluding carboxylic acids is 1. The standard InChI is InChI=1S/C15H15N3O4/c1-10-7-12(14(19)20)17-13(8-10)18(16)15(21)22-9-11-5-3-2-4-6-11/h2-8H,9,16H2,1H3,(H,19,20). The van der Waals surface area contributed by atoms with Gasteiger partial charge in [-0.15, -0.1) is 0 Å². The Morgan fingerprint density at radius 3 is 2.59 bits per heavy atom. The summed E-state index contributed by atoms with van der Waals surface area (Å²) in [6.45, 7) is 1.74. The van der Waals surface area contributed by atoms with E-state index < -0.39 is 12.1 Å². The van der Waals surface area contributed by atoms with E-state index in [4.69, 9.17) is 15.7 Å². The fourth-order valence-corrected chi connectivity index (χ4v) is 1.76. The number of rotatable bonds is 4. The molecule has 0 aliphatic carbocycles. The molecule has 1 heterocycles. The van der Waals surface area contributed by atoms with Gasteiger partial charge in [0.25, 0.3) is 0 Å². The SMILES string of the molecule is Cc1cc(C(=O)O)nc(N(N)C(=O)OCc2ccccc2)c1. The Morgan fingerprint density at radius 2 is 1.95 bits per heavy atom. The molecule has 0 radical (unpaired) electrons. The molecule has 1 aromatic heterocycles. The van der Waals surface area contributed by atoms with Gasteiger partial charge in [-0.1, -0.05) is 30.3 Å². The van der Waals surface area contributed by atoms with Crippen molar-refractivity contribution in [3.8, 4) is 0 Å². The Labute approximate surface area is 126 Å². The highest BCUT2D eigenvalue weighted by Crippen LogP contribution is 2.14. The van der Waals surface area contributed by atoms with Crippen molar-refractivity contribution < 1.29 is 19.4 Å². The van der Waals surface area contributed by atoms with Gasteiger partial charge in [-0.25, -0.2) is 20.4 Å². The van der Waals surface area contributed by atoms with Crippen molar-refractivity contribution >= 4 is 17.9 Å². The molecule has 0 atom stereocenters.